The van der Waals surface area contributed by atoms with Crippen molar-refractivity contribution in [2.24, 2.45) is 0 Å². The van der Waals surface area contributed by atoms with Crippen molar-refractivity contribution in [2.75, 3.05) is 39.6 Å². The topological polar surface area (TPSA) is 126 Å². The summed E-state index contributed by atoms with van der Waals surface area (Å²) in [7, 11) is 0. The van der Waals surface area contributed by atoms with Gasteiger partial charge in [-0.3, -0.25) is 4.79 Å². The molecule has 0 spiro atoms. The lowest BCUT2D eigenvalue weighted by atomic mass is 10.2. The minimum Gasteiger partial charge on any atom is -0.463 e. The first-order chi connectivity index (χ1) is 11.0. The average Bonchev–Trinajstić information content (AvgIpc) is 2.53. The zero-order valence-corrected chi connectivity index (χ0v) is 13.7. The van der Waals surface area contributed by atoms with E-state index < -0.39 is 24.9 Å². The zero-order valence-electron chi connectivity index (χ0n) is 13.7. The number of hydrogen-bond donors (Lipinski definition) is 4. The highest BCUT2D eigenvalue weighted by atomic mass is 16.6. The van der Waals surface area contributed by atoms with Crippen LogP contribution in [-0.4, -0.2) is 84.3 Å². The minimum atomic E-state index is -0.975. The largest absolute Gasteiger partial charge is 0.463 e. The molecule has 3 atom stereocenters. The molecule has 0 bridgehead atoms. The number of aliphatic hydroxyl groups is 4. The standard InChI is InChI=1S/C15H30O8/c1-2-3-4-5-15(20)23-11-14(19)10-22-9-13(18)8-21-7-12(17)6-16/h12-14,16-19H,2-11H2,1H3. The molecule has 0 saturated carbocycles. The Morgan fingerprint density at radius 1 is 0.870 bits per heavy atom. The monoisotopic (exact) mass is 338 g/mol. The number of aliphatic hydroxyl groups excluding tert-OH is 4. The molecule has 0 rings (SSSR count). The van der Waals surface area contributed by atoms with Gasteiger partial charge in [0.1, 0.15) is 24.9 Å². The summed E-state index contributed by atoms with van der Waals surface area (Å²) in [5.74, 6) is -0.339. The number of rotatable bonds is 15. The molecule has 0 fully saturated rings. The summed E-state index contributed by atoms with van der Waals surface area (Å²) in [5.41, 5.74) is 0. The lowest BCUT2D eigenvalue weighted by Gasteiger charge is -2.15. The fourth-order valence-corrected chi connectivity index (χ4v) is 1.61. The van der Waals surface area contributed by atoms with Crippen LogP contribution in [0.2, 0.25) is 0 Å². The van der Waals surface area contributed by atoms with Gasteiger partial charge in [0.2, 0.25) is 0 Å². The molecule has 0 heterocycles. The number of esters is 1. The van der Waals surface area contributed by atoms with Crippen LogP contribution in [0.25, 0.3) is 0 Å². The van der Waals surface area contributed by atoms with Crippen molar-refractivity contribution >= 4 is 5.97 Å². The van der Waals surface area contributed by atoms with Crippen LogP contribution >= 0.6 is 0 Å². The molecule has 8 nitrogen and oxygen atoms in total. The third kappa shape index (κ3) is 14.5. The second kappa shape index (κ2) is 14.8. The van der Waals surface area contributed by atoms with Crippen molar-refractivity contribution < 1.29 is 39.4 Å². The molecule has 23 heavy (non-hydrogen) atoms. The van der Waals surface area contributed by atoms with Crippen LogP contribution in [0.15, 0.2) is 0 Å². The van der Waals surface area contributed by atoms with Crippen LogP contribution in [0.4, 0.5) is 0 Å². The molecular formula is C15H30O8. The Balaban J connectivity index is 3.54. The first kappa shape index (κ1) is 22.2. The predicted molar refractivity (Wildman–Crippen MR) is 81.8 cm³/mol. The molecule has 3 unspecified atom stereocenters. The summed E-state index contributed by atoms with van der Waals surface area (Å²) in [4.78, 5) is 11.3. The quantitative estimate of drug-likeness (QED) is 0.226. The van der Waals surface area contributed by atoms with Crippen molar-refractivity contribution in [1.29, 1.82) is 0 Å². The van der Waals surface area contributed by atoms with Gasteiger partial charge in [-0.1, -0.05) is 19.8 Å². The molecule has 0 aromatic rings. The maximum Gasteiger partial charge on any atom is 0.305 e. The van der Waals surface area contributed by atoms with E-state index in [0.29, 0.717) is 6.42 Å². The lowest BCUT2D eigenvalue weighted by Crippen LogP contribution is -2.29. The van der Waals surface area contributed by atoms with E-state index in [1.54, 1.807) is 0 Å². The highest BCUT2D eigenvalue weighted by molar-refractivity contribution is 5.69. The molecule has 0 saturated heterocycles. The molecular weight excluding hydrogens is 308 g/mol. The van der Waals surface area contributed by atoms with Gasteiger partial charge in [-0.15, -0.1) is 0 Å². The maximum atomic E-state index is 11.3. The predicted octanol–water partition coefficient (Wildman–Crippen LogP) is -0.782. The summed E-state index contributed by atoms with van der Waals surface area (Å²) < 4.78 is 15.0. The number of ether oxygens (including phenoxy) is 3. The molecule has 4 N–H and O–H groups in total. The third-order valence-electron chi connectivity index (χ3n) is 2.87. The van der Waals surface area contributed by atoms with Gasteiger partial charge < -0.3 is 34.6 Å². The van der Waals surface area contributed by atoms with Gasteiger partial charge in [0.25, 0.3) is 0 Å². The molecule has 0 aliphatic heterocycles. The Kier molecular flexibility index (Phi) is 14.3. The summed E-state index contributed by atoms with van der Waals surface area (Å²) in [5, 5.41) is 36.7. The molecule has 0 aromatic heterocycles. The summed E-state index contributed by atoms with van der Waals surface area (Å²) >= 11 is 0. The summed E-state index contributed by atoms with van der Waals surface area (Å²) in [6.45, 7) is 1.23. The Hall–Kier alpha value is -0.770. The van der Waals surface area contributed by atoms with Gasteiger partial charge in [-0.05, 0) is 6.42 Å². The summed E-state index contributed by atoms with van der Waals surface area (Å²) in [6, 6.07) is 0. The first-order valence-corrected chi connectivity index (χ1v) is 7.95. The summed E-state index contributed by atoms with van der Waals surface area (Å²) in [6.07, 6.45) is 0.275. The van der Waals surface area contributed by atoms with Crippen LogP contribution in [0, 0.1) is 0 Å². The highest BCUT2D eigenvalue weighted by Gasteiger charge is 2.11. The Labute approximate surface area is 137 Å². The molecule has 0 aromatic carbocycles. The molecule has 0 aliphatic rings. The highest BCUT2D eigenvalue weighted by Crippen LogP contribution is 2.01. The van der Waals surface area contributed by atoms with E-state index in [4.69, 9.17) is 24.4 Å². The maximum absolute atomic E-state index is 11.3. The lowest BCUT2D eigenvalue weighted by molar-refractivity contribution is -0.148. The van der Waals surface area contributed by atoms with Crippen molar-refractivity contribution in [2.45, 2.75) is 50.9 Å². The smallest absolute Gasteiger partial charge is 0.305 e. The van der Waals surface area contributed by atoms with Gasteiger partial charge in [0, 0.05) is 6.42 Å². The fraction of sp³-hybridized carbons (Fsp3) is 0.933. The van der Waals surface area contributed by atoms with E-state index in [0.717, 1.165) is 19.3 Å². The molecule has 138 valence electrons. The first-order valence-electron chi connectivity index (χ1n) is 7.95. The average molecular weight is 338 g/mol. The van der Waals surface area contributed by atoms with E-state index in [1.807, 2.05) is 6.92 Å². The van der Waals surface area contributed by atoms with Crippen LogP contribution in [-0.2, 0) is 19.0 Å². The van der Waals surface area contributed by atoms with E-state index in [9.17, 15) is 15.0 Å². The molecule has 8 heteroatoms. The second-order valence-corrected chi connectivity index (χ2v) is 5.36. The van der Waals surface area contributed by atoms with Gasteiger partial charge in [-0.25, -0.2) is 0 Å². The van der Waals surface area contributed by atoms with E-state index in [-0.39, 0.29) is 39.0 Å². The van der Waals surface area contributed by atoms with Crippen LogP contribution in [0.3, 0.4) is 0 Å². The third-order valence-corrected chi connectivity index (χ3v) is 2.87. The SMILES string of the molecule is CCCCCC(=O)OCC(O)COCC(O)COCC(O)CO. The van der Waals surface area contributed by atoms with Crippen molar-refractivity contribution in [3.63, 3.8) is 0 Å². The van der Waals surface area contributed by atoms with Crippen molar-refractivity contribution in [1.82, 2.24) is 0 Å². The molecule has 0 amide bonds. The van der Waals surface area contributed by atoms with Crippen LogP contribution in [0.1, 0.15) is 32.6 Å². The van der Waals surface area contributed by atoms with E-state index in [1.165, 1.54) is 0 Å². The van der Waals surface area contributed by atoms with Gasteiger partial charge >= 0.3 is 5.97 Å². The van der Waals surface area contributed by atoms with E-state index >= 15 is 0 Å². The molecule has 0 aliphatic carbocycles. The zero-order chi connectivity index (χ0) is 17.5. The number of carbonyl (C=O) groups is 1. The van der Waals surface area contributed by atoms with Gasteiger partial charge in [-0.2, -0.15) is 0 Å². The van der Waals surface area contributed by atoms with Crippen molar-refractivity contribution in [3.05, 3.63) is 0 Å². The Morgan fingerprint density at radius 2 is 1.39 bits per heavy atom. The number of unbranched alkanes of at least 4 members (excludes halogenated alkanes) is 2. The van der Waals surface area contributed by atoms with Crippen LogP contribution in [0.5, 0.6) is 0 Å². The number of carbonyl (C=O) groups excluding carboxylic acids is 1. The fourth-order valence-electron chi connectivity index (χ4n) is 1.61. The normalized spacial score (nSPS) is 15.2. The van der Waals surface area contributed by atoms with Crippen LogP contribution < -0.4 is 0 Å². The number of hydrogen-bond acceptors (Lipinski definition) is 8. The minimum absolute atomic E-state index is 0.0560. The molecule has 0 radical (unpaired) electrons. The van der Waals surface area contributed by atoms with Gasteiger partial charge in [0.05, 0.1) is 33.0 Å². The Bertz CT molecular complexity index is 287. The van der Waals surface area contributed by atoms with Gasteiger partial charge in [0.15, 0.2) is 0 Å². The van der Waals surface area contributed by atoms with Crippen molar-refractivity contribution in [3.8, 4) is 0 Å². The Morgan fingerprint density at radius 3 is 1.91 bits per heavy atom. The van der Waals surface area contributed by atoms with E-state index in [2.05, 4.69) is 0 Å². The second-order valence-electron chi connectivity index (χ2n) is 5.36.